The van der Waals surface area contributed by atoms with Gasteiger partial charge in [-0.1, -0.05) is 0 Å². The Morgan fingerprint density at radius 2 is 2.36 bits per heavy atom. The van der Waals surface area contributed by atoms with Gasteiger partial charge in [-0.3, -0.25) is 4.98 Å². The third kappa shape index (κ3) is 3.27. The summed E-state index contributed by atoms with van der Waals surface area (Å²) in [7, 11) is 3.57. The number of hydrogen-bond donors (Lipinski definition) is 1. The van der Waals surface area contributed by atoms with Crippen LogP contribution in [0.4, 0.5) is 5.82 Å². The van der Waals surface area contributed by atoms with Gasteiger partial charge in [0.2, 0.25) is 0 Å². The molecule has 0 spiro atoms. The monoisotopic (exact) mass is 196 g/mol. The topological polar surface area (TPSA) is 64.3 Å². The van der Waals surface area contributed by atoms with Gasteiger partial charge in [-0.25, -0.2) is 4.98 Å². The van der Waals surface area contributed by atoms with Crippen molar-refractivity contribution in [3.05, 3.63) is 18.6 Å². The molecule has 0 aliphatic carbocycles. The van der Waals surface area contributed by atoms with Gasteiger partial charge in [0.05, 0.1) is 12.8 Å². The standard InChI is InChI=1S/C9H16N4O/c1-13(6-8(10)7-14-2)9-5-11-3-4-12-9/h3-5,8H,6-7,10H2,1-2H3. The number of methoxy groups -OCH3 is 1. The van der Waals surface area contributed by atoms with Gasteiger partial charge < -0.3 is 15.4 Å². The van der Waals surface area contributed by atoms with Gasteiger partial charge in [0.15, 0.2) is 0 Å². The van der Waals surface area contributed by atoms with E-state index in [-0.39, 0.29) is 6.04 Å². The van der Waals surface area contributed by atoms with E-state index in [2.05, 4.69) is 9.97 Å². The molecule has 1 atom stereocenters. The van der Waals surface area contributed by atoms with Gasteiger partial charge in [0.25, 0.3) is 0 Å². The summed E-state index contributed by atoms with van der Waals surface area (Å²) in [6.07, 6.45) is 5.01. The van der Waals surface area contributed by atoms with Crippen molar-refractivity contribution in [3.63, 3.8) is 0 Å². The van der Waals surface area contributed by atoms with E-state index in [1.807, 2.05) is 11.9 Å². The first kappa shape index (κ1) is 10.9. The average Bonchev–Trinajstić information content (AvgIpc) is 2.19. The number of nitrogens with zero attached hydrogens (tertiary/aromatic N) is 3. The Labute approximate surface area is 83.9 Å². The maximum atomic E-state index is 5.81. The quantitative estimate of drug-likeness (QED) is 0.711. The SMILES string of the molecule is COCC(N)CN(C)c1cnccn1. The fourth-order valence-corrected chi connectivity index (χ4v) is 1.20. The minimum Gasteiger partial charge on any atom is -0.383 e. The highest BCUT2D eigenvalue weighted by atomic mass is 16.5. The summed E-state index contributed by atoms with van der Waals surface area (Å²) in [5.41, 5.74) is 5.81. The summed E-state index contributed by atoms with van der Waals surface area (Å²) in [6.45, 7) is 1.25. The van der Waals surface area contributed by atoms with Crippen molar-refractivity contribution in [1.29, 1.82) is 0 Å². The normalized spacial score (nSPS) is 12.5. The van der Waals surface area contributed by atoms with E-state index >= 15 is 0 Å². The Balaban J connectivity index is 2.46. The van der Waals surface area contributed by atoms with Crippen molar-refractivity contribution in [3.8, 4) is 0 Å². The number of rotatable bonds is 5. The maximum Gasteiger partial charge on any atom is 0.146 e. The average molecular weight is 196 g/mol. The van der Waals surface area contributed by atoms with Crippen LogP contribution in [0.3, 0.4) is 0 Å². The molecule has 1 unspecified atom stereocenters. The summed E-state index contributed by atoms with van der Waals surface area (Å²) in [5.74, 6) is 0.819. The van der Waals surface area contributed by atoms with E-state index in [1.54, 1.807) is 25.7 Å². The van der Waals surface area contributed by atoms with Crippen LogP contribution in [0.15, 0.2) is 18.6 Å². The number of hydrogen-bond acceptors (Lipinski definition) is 5. The van der Waals surface area contributed by atoms with E-state index in [0.717, 1.165) is 5.82 Å². The molecule has 14 heavy (non-hydrogen) atoms. The van der Waals surface area contributed by atoms with Gasteiger partial charge >= 0.3 is 0 Å². The Morgan fingerprint density at radius 1 is 1.57 bits per heavy atom. The molecule has 0 fully saturated rings. The van der Waals surface area contributed by atoms with Crippen LogP contribution in [0.25, 0.3) is 0 Å². The van der Waals surface area contributed by atoms with Crippen molar-refractivity contribution in [1.82, 2.24) is 9.97 Å². The lowest BCUT2D eigenvalue weighted by atomic mass is 10.3. The zero-order chi connectivity index (χ0) is 10.4. The second kappa shape index (κ2) is 5.51. The molecule has 0 radical (unpaired) electrons. The molecule has 0 saturated carbocycles. The molecule has 0 aliphatic rings. The van der Waals surface area contributed by atoms with Crippen molar-refractivity contribution >= 4 is 5.82 Å². The molecule has 1 heterocycles. The molecule has 2 N–H and O–H groups in total. The van der Waals surface area contributed by atoms with E-state index in [0.29, 0.717) is 13.2 Å². The molecule has 5 heteroatoms. The summed E-state index contributed by atoms with van der Waals surface area (Å²) in [6, 6.07) is -0.00740. The highest BCUT2D eigenvalue weighted by Crippen LogP contribution is 2.04. The molecule has 1 aromatic heterocycles. The Bertz CT molecular complexity index is 254. The molecule has 0 bridgehead atoms. The second-order valence-corrected chi connectivity index (χ2v) is 3.16. The molecule has 0 aromatic carbocycles. The van der Waals surface area contributed by atoms with E-state index < -0.39 is 0 Å². The molecule has 78 valence electrons. The fraction of sp³-hybridized carbons (Fsp3) is 0.556. The molecule has 1 rings (SSSR count). The lowest BCUT2D eigenvalue weighted by molar-refractivity contribution is 0.181. The van der Waals surface area contributed by atoms with Crippen LogP contribution in [0, 0.1) is 0 Å². The summed E-state index contributed by atoms with van der Waals surface area (Å²) >= 11 is 0. The number of anilines is 1. The van der Waals surface area contributed by atoms with Crippen molar-refractivity contribution in [2.45, 2.75) is 6.04 Å². The van der Waals surface area contributed by atoms with Crippen LogP contribution in [0.5, 0.6) is 0 Å². The van der Waals surface area contributed by atoms with Crippen LogP contribution in [-0.2, 0) is 4.74 Å². The van der Waals surface area contributed by atoms with Crippen LogP contribution < -0.4 is 10.6 Å². The van der Waals surface area contributed by atoms with Crippen LogP contribution in [0.1, 0.15) is 0 Å². The first-order chi connectivity index (χ1) is 6.74. The van der Waals surface area contributed by atoms with Gasteiger partial charge in [-0.05, 0) is 0 Å². The van der Waals surface area contributed by atoms with Gasteiger partial charge in [0.1, 0.15) is 5.82 Å². The van der Waals surface area contributed by atoms with E-state index in [1.165, 1.54) is 0 Å². The van der Waals surface area contributed by atoms with Gasteiger partial charge in [-0.2, -0.15) is 0 Å². The predicted molar refractivity (Wildman–Crippen MR) is 55.2 cm³/mol. The maximum absolute atomic E-state index is 5.81. The zero-order valence-electron chi connectivity index (χ0n) is 8.55. The smallest absolute Gasteiger partial charge is 0.146 e. The lowest BCUT2D eigenvalue weighted by Crippen LogP contribution is -2.38. The largest absolute Gasteiger partial charge is 0.383 e. The third-order valence-electron chi connectivity index (χ3n) is 1.83. The highest BCUT2D eigenvalue weighted by Gasteiger charge is 2.07. The van der Waals surface area contributed by atoms with Gasteiger partial charge in [0, 0.05) is 39.1 Å². The molecular weight excluding hydrogens is 180 g/mol. The van der Waals surface area contributed by atoms with Crippen molar-refractivity contribution < 1.29 is 4.74 Å². The molecular formula is C9H16N4O. The van der Waals surface area contributed by atoms with Gasteiger partial charge in [-0.15, -0.1) is 0 Å². The minimum absolute atomic E-state index is 0.00740. The zero-order valence-corrected chi connectivity index (χ0v) is 8.55. The number of nitrogens with two attached hydrogens (primary N) is 1. The minimum atomic E-state index is -0.00740. The summed E-state index contributed by atoms with van der Waals surface area (Å²) < 4.78 is 4.95. The summed E-state index contributed by atoms with van der Waals surface area (Å²) in [4.78, 5) is 10.1. The van der Waals surface area contributed by atoms with E-state index in [4.69, 9.17) is 10.5 Å². The highest BCUT2D eigenvalue weighted by molar-refractivity contribution is 5.33. The van der Waals surface area contributed by atoms with Crippen LogP contribution in [-0.4, -0.2) is 43.3 Å². The lowest BCUT2D eigenvalue weighted by Gasteiger charge is -2.21. The number of ether oxygens (including phenoxy) is 1. The molecule has 0 saturated heterocycles. The first-order valence-corrected chi connectivity index (χ1v) is 4.45. The van der Waals surface area contributed by atoms with E-state index in [9.17, 15) is 0 Å². The fourth-order valence-electron chi connectivity index (χ4n) is 1.20. The first-order valence-electron chi connectivity index (χ1n) is 4.45. The Hall–Kier alpha value is -1.20. The number of aromatic nitrogens is 2. The van der Waals surface area contributed by atoms with Crippen LogP contribution >= 0.6 is 0 Å². The number of likely N-dealkylation sites (N-methyl/N-ethyl adjacent to an activating group) is 1. The Morgan fingerprint density at radius 3 is 2.93 bits per heavy atom. The summed E-state index contributed by atoms with van der Waals surface area (Å²) in [5, 5.41) is 0. The van der Waals surface area contributed by atoms with Crippen molar-refractivity contribution in [2.75, 3.05) is 32.2 Å². The molecule has 1 aromatic rings. The Kier molecular flexibility index (Phi) is 4.28. The molecule has 5 nitrogen and oxygen atoms in total. The third-order valence-corrected chi connectivity index (χ3v) is 1.83. The molecule has 0 aliphatic heterocycles. The predicted octanol–water partition coefficient (Wildman–Crippen LogP) is -0.113. The van der Waals surface area contributed by atoms with Crippen LogP contribution in [0.2, 0.25) is 0 Å². The second-order valence-electron chi connectivity index (χ2n) is 3.16. The molecule has 0 amide bonds. The van der Waals surface area contributed by atoms with Crippen molar-refractivity contribution in [2.24, 2.45) is 5.73 Å².